The molecule has 0 aliphatic carbocycles. The van der Waals surface area contributed by atoms with Gasteiger partial charge < -0.3 is 14.0 Å². The first kappa shape index (κ1) is 37.6. The summed E-state index contributed by atoms with van der Waals surface area (Å²) in [6.45, 7) is 4.36. The maximum Gasteiger partial charge on any atom is 1.00 e. The summed E-state index contributed by atoms with van der Waals surface area (Å²) >= 11 is 0. The number of unbranched alkanes of at least 4 members (excludes halogenated alkanes) is 14. The molecule has 7 nitrogen and oxygen atoms in total. The van der Waals surface area contributed by atoms with Crippen molar-refractivity contribution in [2.24, 2.45) is 0 Å². The van der Waals surface area contributed by atoms with E-state index < -0.39 is 32.5 Å². The van der Waals surface area contributed by atoms with Gasteiger partial charge in [-0.3, -0.25) is 0 Å². The second-order valence-electron chi connectivity index (χ2n) is 9.51. The van der Waals surface area contributed by atoms with Gasteiger partial charge in [0.1, 0.15) is 10.1 Å². The van der Waals surface area contributed by atoms with E-state index in [-0.39, 0.29) is 35.1 Å². The summed E-state index contributed by atoms with van der Waals surface area (Å²) in [7, 11) is -5.03. The first-order valence-electron chi connectivity index (χ1n) is 14.1. The minimum absolute atomic E-state index is 0. The molecule has 0 spiro atoms. The van der Waals surface area contributed by atoms with Gasteiger partial charge in [0.15, 0.2) is 0 Å². The zero-order valence-electron chi connectivity index (χ0n) is 24.1. The standard InChI is InChI=1S/C30H46O7S.Na/c1-3-5-7-9-11-13-15-17-19-24-36-29(31)26-22-21-23-27(38(33,34)35)28(26)30(32)37-25-20-18-16-14-12-10-8-6-4-2;/h19-25H,3-18H2,1-2H3,(H,33,34,35);/q;+1/p-1/b24-19+,25-20+;. The fourth-order valence-corrected chi connectivity index (χ4v) is 4.73. The molecule has 0 bridgehead atoms. The molecule has 0 aliphatic rings. The zero-order chi connectivity index (χ0) is 28.1. The number of carbonyl (C=O) groups excluding carboxylic acids is 2. The summed E-state index contributed by atoms with van der Waals surface area (Å²) in [5, 5.41) is 0. The Morgan fingerprint density at radius 3 is 1.62 bits per heavy atom. The summed E-state index contributed by atoms with van der Waals surface area (Å²) in [5.74, 6) is -2.04. The quantitative estimate of drug-likeness (QED) is 0.0653. The van der Waals surface area contributed by atoms with Crippen LogP contribution in [0.2, 0.25) is 0 Å². The maximum absolute atomic E-state index is 12.7. The van der Waals surface area contributed by atoms with Gasteiger partial charge in [0.2, 0.25) is 0 Å². The van der Waals surface area contributed by atoms with Crippen LogP contribution in [0, 0.1) is 0 Å². The van der Waals surface area contributed by atoms with Crippen LogP contribution in [-0.4, -0.2) is 24.9 Å². The van der Waals surface area contributed by atoms with Crippen molar-refractivity contribution >= 4 is 22.1 Å². The van der Waals surface area contributed by atoms with Crippen molar-refractivity contribution in [3.05, 3.63) is 54.0 Å². The van der Waals surface area contributed by atoms with E-state index in [4.69, 9.17) is 9.47 Å². The van der Waals surface area contributed by atoms with E-state index >= 15 is 0 Å². The smallest absolute Gasteiger partial charge is 0.744 e. The minimum Gasteiger partial charge on any atom is -0.744 e. The van der Waals surface area contributed by atoms with Gasteiger partial charge in [-0.05, 0) is 50.0 Å². The van der Waals surface area contributed by atoms with E-state index in [9.17, 15) is 22.6 Å². The molecule has 1 aromatic rings. The van der Waals surface area contributed by atoms with Crippen LogP contribution < -0.4 is 29.6 Å². The Labute approximate surface area is 257 Å². The number of ether oxygens (including phenoxy) is 2. The first-order valence-corrected chi connectivity index (χ1v) is 15.5. The fraction of sp³-hybridized carbons (Fsp3) is 0.600. The zero-order valence-corrected chi connectivity index (χ0v) is 26.9. The molecule has 0 aliphatic heterocycles. The molecule has 0 aromatic heterocycles. The number of rotatable bonds is 21. The van der Waals surface area contributed by atoms with Gasteiger partial charge in [-0.1, -0.05) is 97.0 Å². The van der Waals surface area contributed by atoms with Crippen LogP contribution in [0.4, 0.5) is 0 Å². The van der Waals surface area contributed by atoms with Gasteiger partial charge in [0.25, 0.3) is 0 Å². The van der Waals surface area contributed by atoms with Gasteiger partial charge in [0, 0.05) is 0 Å². The Balaban J connectivity index is 0.0000144. The second kappa shape index (κ2) is 23.3. The Morgan fingerprint density at radius 2 is 1.15 bits per heavy atom. The third-order valence-corrected chi connectivity index (χ3v) is 7.09. The normalized spacial score (nSPS) is 11.6. The van der Waals surface area contributed by atoms with Crippen LogP contribution in [0.15, 0.2) is 47.8 Å². The second-order valence-corrected chi connectivity index (χ2v) is 10.9. The van der Waals surface area contributed by atoms with E-state index in [0.717, 1.165) is 44.6 Å². The monoisotopic (exact) mass is 572 g/mol. The van der Waals surface area contributed by atoms with Gasteiger partial charge >= 0.3 is 41.5 Å². The van der Waals surface area contributed by atoms with E-state index in [1.54, 1.807) is 12.2 Å². The number of esters is 2. The van der Waals surface area contributed by atoms with Gasteiger partial charge in [-0.2, -0.15) is 0 Å². The molecule has 9 heteroatoms. The topological polar surface area (TPSA) is 110 Å². The summed E-state index contributed by atoms with van der Waals surface area (Å²) in [6.07, 6.45) is 23.5. The Morgan fingerprint density at radius 1 is 0.718 bits per heavy atom. The number of allylic oxidation sites excluding steroid dienone is 2. The fourth-order valence-electron chi connectivity index (χ4n) is 4.04. The van der Waals surface area contributed by atoms with Crippen molar-refractivity contribution in [2.75, 3.05) is 0 Å². The predicted octanol–water partition coefficient (Wildman–Crippen LogP) is 5.22. The van der Waals surface area contributed by atoms with Crippen molar-refractivity contribution in [3.63, 3.8) is 0 Å². The molecule has 0 fully saturated rings. The predicted molar refractivity (Wildman–Crippen MR) is 149 cm³/mol. The van der Waals surface area contributed by atoms with Crippen molar-refractivity contribution in [1.82, 2.24) is 0 Å². The molecule has 0 unspecified atom stereocenters. The molecule has 0 radical (unpaired) electrons. The average molecular weight is 573 g/mol. The minimum atomic E-state index is -5.03. The third-order valence-electron chi connectivity index (χ3n) is 6.21. The SMILES string of the molecule is CCCCCCCCC/C=C/OC(=O)c1cccc(S(=O)(=O)[O-])c1C(=O)O/C=C/CCCCCCCCC.[Na+]. The van der Waals surface area contributed by atoms with E-state index in [1.807, 2.05) is 0 Å². The summed E-state index contributed by atoms with van der Waals surface area (Å²) in [5.41, 5.74) is -0.957. The largest absolute Gasteiger partial charge is 1.00 e. The molecule has 214 valence electrons. The summed E-state index contributed by atoms with van der Waals surface area (Å²) in [6, 6.07) is 3.44. The molecule has 1 aromatic carbocycles. The summed E-state index contributed by atoms with van der Waals surface area (Å²) < 4.78 is 45.5. The average Bonchev–Trinajstić information content (AvgIpc) is 2.89. The number of carbonyl (C=O) groups is 2. The molecule has 0 saturated carbocycles. The molecule has 39 heavy (non-hydrogen) atoms. The van der Waals surface area contributed by atoms with Crippen LogP contribution >= 0.6 is 0 Å². The molecule has 0 atom stereocenters. The van der Waals surface area contributed by atoms with Crippen LogP contribution in [0.5, 0.6) is 0 Å². The number of benzene rings is 1. The van der Waals surface area contributed by atoms with E-state index in [1.165, 1.54) is 82.4 Å². The van der Waals surface area contributed by atoms with Gasteiger partial charge in [-0.15, -0.1) is 0 Å². The van der Waals surface area contributed by atoms with Crippen LogP contribution in [0.25, 0.3) is 0 Å². The van der Waals surface area contributed by atoms with Crippen molar-refractivity contribution in [1.29, 1.82) is 0 Å². The Bertz CT molecular complexity index is 987. The van der Waals surface area contributed by atoms with Crippen molar-refractivity contribution in [2.45, 2.75) is 121 Å². The summed E-state index contributed by atoms with van der Waals surface area (Å²) in [4.78, 5) is 24.5. The van der Waals surface area contributed by atoms with Gasteiger partial charge in [0.05, 0.1) is 28.5 Å². The molecule has 0 N–H and O–H groups in total. The molecule has 1 rings (SSSR count). The van der Waals surface area contributed by atoms with Crippen molar-refractivity contribution in [3.8, 4) is 0 Å². The Hall–Kier alpha value is -1.45. The van der Waals surface area contributed by atoms with Gasteiger partial charge in [-0.25, -0.2) is 18.0 Å². The molecule has 0 heterocycles. The number of hydrogen-bond acceptors (Lipinski definition) is 7. The van der Waals surface area contributed by atoms with E-state index in [2.05, 4.69) is 13.8 Å². The molecular weight excluding hydrogens is 527 g/mol. The van der Waals surface area contributed by atoms with Crippen molar-refractivity contribution < 1.29 is 61.6 Å². The van der Waals surface area contributed by atoms with Crippen LogP contribution in [-0.2, 0) is 19.6 Å². The first-order chi connectivity index (χ1) is 18.3. The van der Waals surface area contributed by atoms with Crippen LogP contribution in [0.3, 0.4) is 0 Å². The molecule has 0 amide bonds. The third kappa shape index (κ3) is 17.1. The molecular formula is C30H45NaO7S. The van der Waals surface area contributed by atoms with E-state index in [0.29, 0.717) is 6.42 Å². The maximum atomic E-state index is 12.7. The Kier molecular flexibility index (Phi) is 22.4. The molecule has 0 saturated heterocycles. The number of hydrogen-bond donors (Lipinski definition) is 0. The van der Waals surface area contributed by atoms with Crippen LogP contribution in [0.1, 0.15) is 137 Å².